The summed E-state index contributed by atoms with van der Waals surface area (Å²) in [4.78, 5) is 14.3. The van der Waals surface area contributed by atoms with E-state index in [1.807, 2.05) is 25.9 Å². The summed E-state index contributed by atoms with van der Waals surface area (Å²) in [5.74, 6) is -0.330. The Morgan fingerprint density at radius 1 is 1.45 bits per heavy atom. The molecule has 1 amide bonds. The van der Waals surface area contributed by atoms with Gasteiger partial charge < -0.3 is 20.3 Å². The summed E-state index contributed by atoms with van der Waals surface area (Å²) in [6.07, 6.45) is -0.141. The van der Waals surface area contributed by atoms with Gasteiger partial charge >= 0.3 is 0 Å². The van der Waals surface area contributed by atoms with Gasteiger partial charge in [-0.2, -0.15) is 0 Å². The number of benzene rings is 1. The van der Waals surface area contributed by atoms with E-state index in [1.54, 1.807) is 12.1 Å². The fourth-order valence-corrected chi connectivity index (χ4v) is 2.62. The van der Waals surface area contributed by atoms with Crippen LogP contribution in [0.15, 0.2) is 24.3 Å². The minimum absolute atomic E-state index is 0.00985. The Balaban J connectivity index is 1.97. The van der Waals surface area contributed by atoms with E-state index >= 15 is 0 Å². The highest BCUT2D eigenvalue weighted by Gasteiger charge is 2.28. The molecule has 1 aliphatic heterocycles. The van der Waals surface area contributed by atoms with Gasteiger partial charge in [0.05, 0.1) is 18.8 Å². The number of ether oxygens (including phenoxy) is 1. The zero-order chi connectivity index (χ0) is 16.1. The zero-order valence-electron chi connectivity index (χ0n) is 13.3. The number of carbonyl (C=O) groups is 1. The van der Waals surface area contributed by atoms with Gasteiger partial charge in [0.15, 0.2) is 0 Å². The first-order valence-corrected chi connectivity index (χ1v) is 7.53. The van der Waals surface area contributed by atoms with Crippen molar-refractivity contribution < 1.29 is 13.9 Å². The van der Waals surface area contributed by atoms with Gasteiger partial charge in [-0.25, -0.2) is 4.39 Å². The molecule has 0 saturated carbocycles. The molecular weight excluding hydrogens is 285 g/mol. The van der Waals surface area contributed by atoms with Crippen LogP contribution in [0.1, 0.15) is 18.5 Å². The lowest BCUT2D eigenvalue weighted by molar-refractivity contribution is -0.129. The molecular formula is C16H24FN3O2. The molecule has 22 heavy (non-hydrogen) atoms. The third kappa shape index (κ3) is 4.25. The fraction of sp³-hybridized carbons (Fsp3) is 0.562. The van der Waals surface area contributed by atoms with Crippen LogP contribution in [-0.2, 0) is 9.53 Å². The summed E-state index contributed by atoms with van der Waals surface area (Å²) in [5, 5.41) is 6.13. The van der Waals surface area contributed by atoms with E-state index in [2.05, 4.69) is 10.6 Å². The van der Waals surface area contributed by atoms with Crippen molar-refractivity contribution in [3.63, 3.8) is 0 Å². The predicted octanol–water partition coefficient (Wildman–Crippen LogP) is 0.921. The average molecular weight is 309 g/mol. The Morgan fingerprint density at radius 3 is 2.73 bits per heavy atom. The molecule has 0 spiro atoms. The molecule has 6 heteroatoms. The summed E-state index contributed by atoms with van der Waals surface area (Å²) in [7, 11) is 3.87. The van der Waals surface area contributed by atoms with Crippen molar-refractivity contribution in [2.24, 2.45) is 0 Å². The molecule has 122 valence electrons. The first-order chi connectivity index (χ1) is 10.5. The van der Waals surface area contributed by atoms with E-state index in [0.29, 0.717) is 19.7 Å². The van der Waals surface area contributed by atoms with Crippen molar-refractivity contribution in [3.8, 4) is 0 Å². The van der Waals surface area contributed by atoms with E-state index in [1.165, 1.54) is 12.1 Å². The van der Waals surface area contributed by atoms with Gasteiger partial charge in [-0.1, -0.05) is 12.1 Å². The number of amides is 1. The molecule has 5 nitrogen and oxygen atoms in total. The highest BCUT2D eigenvalue weighted by atomic mass is 19.1. The second kappa shape index (κ2) is 7.67. The van der Waals surface area contributed by atoms with E-state index in [9.17, 15) is 9.18 Å². The number of hydrogen-bond acceptors (Lipinski definition) is 4. The molecule has 0 aromatic heterocycles. The van der Waals surface area contributed by atoms with Crippen molar-refractivity contribution in [3.05, 3.63) is 35.6 Å². The minimum atomic E-state index is -0.329. The highest BCUT2D eigenvalue weighted by molar-refractivity contribution is 5.82. The minimum Gasteiger partial charge on any atom is -0.375 e. The lowest BCUT2D eigenvalue weighted by atomic mass is 10.1. The van der Waals surface area contributed by atoms with E-state index in [0.717, 1.165) is 5.56 Å². The normalized spacial score (nSPS) is 23.3. The van der Waals surface area contributed by atoms with Gasteiger partial charge in [-0.15, -0.1) is 0 Å². The Morgan fingerprint density at radius 2 is 2.14 bits per heavy atom. The maximum Gasteiger partial charge on any atom is 0.239 e. The molecule has 1 aliphatic rings. The monoisotopic (exact) mass is 309 g/mol. The number of nitrogens with one attached hydrogen (secondary N) is 2. The third-order valence-corrected chi connectivity index (χ3v) is 3.95. The Hall–Kier alpha value is -1.50. The molecule has 0 aliphatic carbocycles. The van der Waals surface area contributed by atoms with Crippen molar-refractivity contribution in [2.75, 3.05) is 33.8 Å². The van der Waals surface area contributed by atoms with Crippen molar-refractivity contribution in [2.45, 2.75) is 25.1 Å². The summed E-state index contributed by atoms with van der Waals surface area (Å²) >= 11 is 0. The van der Waals surface area contributed by atoms with Crippen LogP contribution in [0, 0.1) is 5.82 Å². The number of morpholine rings is 1. The number of halogens is 1. The number of likely N-dealkylation sites (N-methyl/N-ethyl adjacent to an activating group) is 1. The van der Waals surface area contributed by atoms with Crippen LogP contribution in [0.5, 0.6) is 0 Å². The quantitative estimate of drug-likeness (QED) is 0.849. The Kier molecular flexibility index (Phi) is 5.88. The molecule has 1 unspecified atom stereocenters. The molecule has 1 saturated heterocycles. The number of hydrogen-bond donors (Lipinski definition) is 2. The smallest absolute Gasteiger partial charge is 0.239 e. The molecule has 3 atom stereocenters. The molecule has 2 N–H and O–H groups in total. The van der Waals surface area contributed by atoms with Crippen LogP contribution in [0.2, 0.25) is 0 Å². The molecule has 1 aromatic carbocycles. The number of nitrogens with zero attached hydrogens (tertiary/aromatic N) is 1. The standard InChI is InChI=1S/C16H24FN3O2/c1-11-15(18-8-9-22-11)16(21)19-10-14(20(2)3)12-4-6-13(17)7-5-12/h4-7,11,14-15,18H,8-10H2,1-3H3,(H,19,21)/t11-,14?,15+/m1/s1. The van der Waals surface area contributed by atoms with Crippen LogP contribution >= 0.6 is 0 Å². The first-order valence-electron chi connectivity index (χ1n) is 7.53. The molecule has 1 aromatic rings. The maximum atomic E-state index is 13.0. The largest absolute Gasteiger partial charge is 0.375 e. The van der Waals surface area contributed by atoms with Crippen LogP contribution in [0.25, 0.3) is 0 Å². The number of rotatable bonds is 5. The lowest BCUT2D eigenvalue weighted by Crippen LogP contribution is -2.56. The molecule has 0 radical (unpaired) electrons. The third-order valence-electron chi connectivity index (χ3n) is 3.95. The second-order valence-electron chi connectivity index (χ2n) is 5.78. The topological polar surface area (TPSA) is 53.6 Å². The molecule has 1 heterocycles. The van der Waals surface area contributed by atoms with E-state index in [4.69, 9.17) is 4.74 Å². The predicted molar refractivity (Wildman–Crippen MR) is 83.0 cm³/mol. The fourth-order valence-electron chi connectivity index (χ4n) is 2.62. The SMILES string of the molecule is C[C@H]1OCCN[C@@H]1C(=O)NCC(c1ccc(F)cc1)N(C)C. The van der Waals surface area contributed by atoms with Crippen LogP contribution in [-0.4, -0.2) is 56.7 Å². The summed E-state index contributed by atoms with van der Waals surface area (Å²) in [6.45, 7) is 3.65. The van der Waals surface area contributed by atoms with Gasteiger partial charge in [0.1, 0.15) is 11.9 Å². The van der Waals surface area contributed by atoms with Crippen molar-refractivity contribution >= 4 is 5.91 Å². The molecule has 2 rings (SSSR count). The first kappa shape index (κ1) is 16.9. The molecule has 1 fully saturated rings. The van der Waals surface area contributed by atoms with Crippen LogP contribution in [0.4, 0.5) is 4.39 Å². The summed E-state index contributed by atoms with van der Waals surface area (Å²) in [6, 6.07) is 6.03. The van der Waals surface area contributed by atoms with Crippen LogP contribution in [0.3, 0.4) is 0 Å². The molecule has 0 bridgehead atoms. The summed E-state index contributed by atoms with van der Waals surface area (Å²) < 4.78 is 18.5. The maximum absolute atomic E-state index is 13.0. The average Bonchev–Trinajstić information content (AvgIpc) is 2.49. The Labute approximate surface area is 130 Å². The van der Waals surface area contributed by atoms with Gasteiger partial charge in [0.2, 0.25) is 5.91 Å². The van der Waals surface area contributed by atoms with Gasteiger partial charge in [-0.05, 0) is 38.7 Å². The van der Waals surface area contributed by atoms with Gasteiger partial charge in [-0.3, -0.25) is 4.79 Å². The van der Waals surface area contributed by atoms with Crippen LogP contribution < -0.4 is 10.6 Å². The lowest BCUT2D eigenvalue weighted by Gasteiger charge is -2.31. The highest BCUT2D eigenvalue weighted by Crippen LogP contribution is 2.18. The Bertz CT molecular complexity index is 493. The summed E-state index contributed by atoms with van der Waals surface area (Å²) in [5.41, 5.74) is 0.965. The number of carbonyl (C=O) groups excluding carboxylic acids is 1. The van der Waals surface area contributed by atoms with Crippen molar-refractivity contribution in [1.82, 2.24) is 15.5 Å². The van der Waals surface area contributed by atoms with Gasteiger partial charge in [0, 0.05) is 13.1 Å². The van der Waals surface area contributed by atoms with Gasteiger partial charge in [0.25, 0.3) is 0 Å². The van der Waals surface area contributed by atoms with Crippen molar-refractivity contribution in [1.29, 1.82) is 0 Å². The second-order valence-corrected chi connectivity index (χ2v) is 5.78. The zero-order valence-corrected chi connectivity index (χ0v) is 13.3. The van der Waals surface area contributed by atoms with E-state index < -0.39 is 0 Å². The van der Waals surface area contributed by atoms with E-state index in [-0.39, 0.29) is 29.9 Å².